The third kappa shape index (κ3) is 3.67. The van der Waals surface area contributed by atoms with E-state index in [4.69, 9.17) is 19.4 Å². The molecule has 27 heavy (non-hydrogen) atoms. The molecule has 0 aliphatic heterocycles. The Hall–Kier alpha value is -3.21. The molecule has 3 aromatic rings. The van der Waals surface area contributed by atoms with Gasteiger partial charge in [-0.25, -0.2) is 15.0 Å². The van der Waals surface area contributed by atoms with Crippen molar-refractivity contribution >= 4 is 12.2 Å². The largest absolute Gasteiger partial charge is 0.497 e. The van der Waals surface area contributed by atoms with E-state index in [-0.39, 0.29) is 0 Å². The van der Waals surface area contributed by atoms with E-state index in [0.29, 0.717) is 11.5 Å². The van der Waals surface area contributed by atoms with Crippen molar-refractivity contribution in [1.29, 1.82) is 0 Å². The van der Waals surface area contributed by atoms with Gasteiger partial charge in [-0.1, -0.05) is 12.2 Å². The van der Waals surface area contributed by atoms with E-state index >= 15 is 0 Å². The van der Waals surface area contributed by atoms with Crippen molar-refractivity contribution in [2.24, 2.45) is 0 Å². The zero-order valence-corrected chi connectivity index (χ0v) is 16.3. The van der Waals surface area contributed by atoms with E-state index in [1.165, 1.54) is 0 Å². The van der Waals surface area contributed by atoms with Crippen LogP contribution < -0.4 is 20.0 Å². The summed E-state index contributed by atoms with van der Waals surface area (Å²) in [4.78, 5) is 14.2. The lowest BCUT2D eigenvalue weighted by Gasteiger charge is -2.09. The second kappa shape index (κ2) is 7.99. The molecule has 138 valence electrons. The zero-order valence-electron chi connectivity index (χ0n) is 16.3. The second-order valence-corrected chi connectivity index (χ2v) is 5.98. The van der Waals surface area contributed by atoms with E-state index in [1.54, 1.807) is 14.2 Å². The molecule has 0 fully saturated rings. The van der Waals surface area contributed by atoms with Crippen LogP contribution in [0, 0.1) is 6.92 Å². The maximum atomic E-state index is 5.31. The third-order valence-corrected chi connectivity index (χ3v) is 4.39. The lowest BCUT2D eigenvalue weighted by Crippen LogP contribution is -2.31. The van der Waals surface area contributed by atoms with E-state index in [0.717, 1.165) is 39.0 Å². The summed E-state index contributed by atoms with van der Waals surface area (Å²) < 4.78 is 10.6. The minimum atomic E-state index is 0.588. The first-order valence-electron chi connectivity index (χ1n) is 8.78. The second-order valence-electron chi connectivity index (χ2n) is 5.98. The van der Waals surface area contributed by atoms with Gasteiger partial charge in [-0.3, -0.25) is 0 Å². The molecule has 3 rings (SSSR count). The minimum Gasteiger partial charge on any atom is -0.497 e. The van der Waals surface area contributed by atoms with Gasteiger partial charge in [0, 0.05) is 10.8 Å². The number of aromatic nitrogens is 3. The van der Waals surface area contributed by atoms with Crippen LogP contribution in [0.1, 0.15) is 19.5 Å². The Morgan fingerprint density at radius 3 is 2.11 bits per heavy atom. The summed E-state index contributed by atoms with van der Waals surface area (Å²) in [5.74, 6) is 2.14. The van der Waals surface area contributed by atoms with Crippen LogP contribution in [0.4, 0.5) is 0 Å². The van der Waals surface area contributed by atoms with Gasteiger partial charge in [0.2, 0.25) is 0 Å². The van der Waals surface area contributed by atoms with Gasteiger partial charge in [-0.15, -0.1) is 0 Å². The molecule has 0 radical (unpaired) electrons. The first kappa shape index (κ1) is 18.6. The summed E-state index contributed by atoms with van der Waals surface area (Å²) in [5.41, 5.74) is 3.39. The molecule has 0 aliphatic carbocycles. The number of pyridine rings is 1. The Kier molecular flexibility index (Phi) is 5.50. The summed E-state index contributed by atoms with van der Waals surface area (Å²) >= 11 is 0. The van der Waals surface area contributed by atoms with Crippen molar-refractivity contribution < 1.29 is 9.47 Å². The van der Waals surface area contributed by atoms with Crippen LogP contribution in [-0.4, -0.2) is 29.2 Å². The highest BCUT2D eigenvalue weighted by atomic mass is 16.5. The fourth-order valence-electron chi connectivity index (χ4n) is 2.96. The Morgan fingerprint density at radius 1 is 0.815 bits per heavy atom. The normalized spacial score (nSPS) is 12.3. The lowest BCUT2D eigenvalue weighted by atomic mass is 10.1. The van der Waals surface area contributed by atoms with E-state index in [1.807, 2.05) is 69.3 Å². The lowest BCUT2D eigenvalue weighted by molar-refractivity contribution is 0.409. The molecular formula is C22H23N3O2. The summed E-state index contributed by atoms with van der Waals surface area (Å²) in [7, 11) is 3.29. The predicted octanol–water partition coefficient (Wildman–Crippen LogP) is 3.13. The first-order chi connectivity index (χ1) is 13.1. The van der Waals surface area contributed by atoms with Crippen molar-refractivity contribution in [2.45, 2.75) is 20.8 Å². The van der Waals surface area contributed by atoms with Crippen LogP contribution in [0.25, 0.3) is 34.9 Å². The minimum absolute atomic E-state index is 0.588. The molecular weight excluding hydrogens is 338 g/mol. The molecule has 1 aromatic carbocycles. The number of benzene rings is 1. The fraction of sp³-hybridized carbons (Fsp3) is 0.227. The van der Waals surface area contributed by atoms with Crippen LogP contribution in [0.5, 0.6) is 11.5 Å². The van der Waals surface area contributed by atoms with E-state index < -0.39 is 0 Å². The van der Waals surface area contributed by atoms with Crippen LogP contribution in [0.2, 0.25) is 0 Å². The standard InChI is InChI=1S/C22H23N3O2/c1-6-17-18(7-2)24-22(19-12-13-20(27-5)14(3)23-19)25-21(17)15-8-10-16(26-4)11-9-15/h6-13H,1-5H3/b17-6+,18-7+. The number of nitrogens with zero attached hydrogens (tertiary/aromatic N) is 3. The molecule has 0 N–H and O–H groups in total. The van der Waals surface area contributed by atoms with Gasteiger partial charge < -0.3 is 9.47 Å². The van der Waals surface area contributed by atoms with Crippen molar-refractivity contribution in [3.05, 3.63) is 52.7 Å². The summed E-state index contributed by atoms with van der Waals surface area (Å²) in [6.07, 6.45) is 4.02. The van der Waals surface area contributed by atoms with Gasteiger partial charge in [-0.05, 0) is 57.2 Å². The van der Waals surface area contributed by atoms with Crippen LogP contribution >= 0.6 is 0 Å². The van der Waals surface area contributed by atoms with Crippen LogP contribution in [0.3, 0.4) is 0 Å². The van der Waals surface area contributed by atoms with Crippen molar-refractivity contribution in [3.8, 4) is 34.3 Å². The van der Waals surface area contributed by atoms with Gasteiger partial charge in [0.15, 0.2) is 5.82 Å². The molecule has 0 bridgehead atoms. The van der Waals surface area contributed by atoms with E-state index in [9.17, 15) is 0 Å². The first-order valence-corrected chi connectivity index (χ1v) is 8.78. The Labute approximate surface area is 159 Å². The Balaban J connectivity index is 2.24. The smallest absolute Gasteiger partial charge is 0.179 e. The number of aryl methyl sites for hydroxylation is 1. The molecule has 2 heterocycles. The molecule has 0 spiro atoms. The molecule has 0 amide bonds. The molecule has 0 aliphatic rings. The van der Waals surface area contributed by atoms with Crippen LogP contribution in [-0.2, 0) is 0 Å². The molecule has 0 saturated heterocycles. The number of hydrogen-bond donors (Lipinski definition) is 0. The monoisotopic (exact) mass is 361 g/mol. The molecule has 5 nitrogen and oxygen atoms in total. The highest BCUT2D eigenvalue weighted by molar-refractivity contribution is 5.65. The fourth-order valence-corrected chi connectivity index (χ4v) is 2.96. The van der Waals surface area contributed by atoms with Crippen molar-refractivity contribution in [3.63, 3.8) is 0 Å². The molecule has 0 saturated carbocycles. The quantitative estimate of drug-likeness (QED) is 0.715. The Morgan fingerprint density at radius 2 is 1.56 bits per heavy atom. The number of hydrogen-bond acceptors (Lipinski definition) is 5. The number of ether oxygens (including phenoxy) is 2. The van der Waals surface area contributed by atoms with Crippen LogP contribution in [0.15, 0.2) is 36.4 Å². The molecule has 2 aromatic heterocycles. The molecule has 0 atom stereocenters. The average molecular weight is 361 g/mol. The highest BCUT2D eigenvalue weighted by Gasteiger charge is 2.11. The van der Waals surface area contributed by atoms with Gasteiger partial charge in [0.1, 0.15) is 17.2 Å². The average Bonchev–Trinajstić information content (AvgIpc) is 2.72. The SMILES string of the molecule is C/C=c1/c(-c2ccc(OC)cc2)nc(-c2ccc(OC)c(C)n2)n/c1=C/C. The Bertz CT molecular complexity index is 1070. The van der Waals surface area contributed by atoms with Gasteiger partial charge in [0.25, 0.3) is 0 Å². The topological polar surface area (TPSA) is 57.1 Å². The third-order valence-electron chi connectivity index (χ3n) is 4.39. The maximum absolute atomic E-state index is 5.31. The predicted molar refractivity (Wildman–Crippen MR) is 108 cm³/mol. The highest BCUT2D eigenvalue weighted by Crippen LogP contribution is 2.22. The summed E-state index contributed by atoms with van der Waals surface area (Å²) in [6.45, 7) is 5.88. The van der Waals surface area contributed by atoms with Gasteiger partial charge in [-0.2, -0.15) is 0 Å². The number of rotatable bonds is 4. The molecule has 0 unspecified atom stereocenters. The molecule has 5 heteroatoms. The summed E-state index contributed by atoms with van der Waals surface area (Å²) in [6, 6.07) is 11.6. The van der Waals surface area contributed by atoms with E-state index in [2.05, 4.69) is 4.98 Å². The zero-order chi connectivity index (χ0) is 19.4. The maximum Gasteiger partial charge on any atom is 0.179 e. The van der Waals surface area contributed by atoms with Crippen molar-refractivity contribution in [1.82, 2.24) is 15.0 Å². The van der Waals surface area contributed by atoms with Gasteiger partial charge >= 0.3 is 0 Å². The van der Waals surface area contributed by atoms with Gasteiger partial charge in [0.05, 0.1) is 31.0 Å². The summed E-state index contributed by atoms with van der Waals surface area (Å²) in [5, 5.41) is 1.88. The van der Waals surface area contributed by atoms with Crippen molar-refractivity contribution in [2.75, 3.05) is 14.2 Å². The number of methoxy groups -OCH3 is 2.